The molecular weight excluding hydrogens is 170 g/mol. The molecule has 2 unspecified atom stereocenters. The average Bonchev–Trinajstić information content (AvgIpc) is 2.66. The Morgan fingerprint density at radius 2 is 2.46 bits per heavy atom. The number of aliphatic hydroxyl groups excluding tert-OH is 1. The molecule has 0 radical (unpaired) electrons. The van der Waals surface area contributed by atoms with Crippen LogP contribution in [0.15, 0.2) is 22.8 Å². The van der Waals surface area contributed by atoms with Gasteiger partial charge in [0.2, 0.25) is 0 Å². The van der Waals surface area contributed by atoms with Gasteiger partial charge < -0.3 is 20.0 Å². The lowest BCUT2D eigenvalue weighted by Crippen LogP contribution is -2.23. The molecule has 2 atom stereocenters. The van der Waals surface area contributed by atoms with Crippen molar-refractivity contribution in [3.05, 3.63) is 24.2 Å². The molecule has 0 aromatic carbocycles. The quantitative estimate of drug-likeness (QED) is 0.707. The summed E-state index contributed by atoms with van der Waals surface area (Å²) in [5.74, 6) is 0.718. The molecule has 0 saturated heterocycles. The molecule has 1 aromatic rings. The molecule has 0 aliphatic carbocycles. The van der Waals surface area contributed by atoms with E-state index in [1.54, 1.807) is 19.4 Å². The van der Waals surface area contributed by atoms with Crippen molar-refractivity contribution in [3.8, 4) is 0 Å². The molecule has 1 heterocycles. The van der Waals surface area contributed by atoms with Crippen LogP contribution in [0.5, 0.6) is 0 Å². The summed E-state index contributed by atoms with van der Waals surface area (Å²) in [7, 11) is 1.55. The molecule has 13 heavy (non-hydrogen) atoms. The fraction of sp³-hybridized carbons (Fsp3) is 0.556. The van der Waals surface area contributed by atoms with Crippen molar-refractivity contribution in [2.45, 2.75) is 18.6 Å². The van der Waals surface area contributed by atoms with E-state index < -0.39 is 0 Å². The second-order valence-electron chi connectivity index (χ2n) is 2.90. The van der Waals surface area contributed by atoms with E-state index in [-0.39, 0.29) is 18.8 Å². The van der Waals surface area contributed by atoms with Gasteiger partial charge in [-0.05, 0) is 18.6 Å². The highest BCUT2D eigenvalue weighted by Crippen LogP contribution is 2.16. The van der Waals surface area contributed by atoms with Gasteiger partial charge in [-0.3, -0.25) is 0 Å². The summed E-state index contributed by atoms with van der Waals surface area (Å²) < 4.78 is 10.1. The summed E-state index contributed by atoms with van der Waals surface area (Å²) in [6, 6.07) is 3.39. The lowest BCUT2D eigenvalue weighted by molar-refractivity contribution is 0.0372. The third-order valence-electron chi connectivity index (χ3n) is 1.96. The maximum absolute atomic E-state index is 8.86. The Bertz CT molecular complexity index is 219. The molecule has 1 aromatic heterocycles. The van der Waals surface area contributed by atoms with Crippen LogP contribution >= 0.6 is 0 Å². The van der Waals surface area contributed by atoms with Crippen molar-refractivity contribution in [1.29, 1.82) is 0 Å². The van der Waals surface area contributed by atoms with Crippen molar-refractivity contribution in [1.82, 2.24) is 0 Å². The van der Waals surface area contributed by atoms with E-state index in [4.69, 9.17) is 20.0 Å². The summed E-state index contributed by atoms with van der Waals surface area (Å²) in [5, 5.41) is 8.86. The zero-order chi connectivity index (χ0) is 9.68. The lowest BCUT2D eigenvalue weighted by atomic mass is 10.1. The molecule has 0 saturated carbocycles. The molecule has 0 fully saturated rings. The minimum atomic E-state index is -0.222. The van der Waals surface area contributed by atoms with Gasteiger partial charge in [-0.15, -0.1) is 0 Å². The van der Waals surface area contributed by atoms with E-state index in [1.807, 2.05) is 6.07 Å². The monoisotopic (exact) mass is 185 g/mol. The Labute approximate surface area is 77.3 Å². The largest absolute Gasteiger partial charge is 0.468 e. The number of rotatable bonds is 5. The minimum absolute atomic E-state index is 0.0229. The molecule has 4 heteroatoms. The fourth-order valence-electron chi connectivity index (χ4n) is 1.15. The number of hydrogen-bond donors (Lipinski definition) is 2. The van der Waals surface area contributed by atoms with Crippen molar-refractivity contribution >= 4 is 0 Å². The van der Waals surface area contributed by atoms with E-state index in [0.29, 0.717) is 6.42 Å². The third kappa shape index (κ3) is 2.84. The highest BCUT2D eigenvalue weighted by molar-refractivity contribution is 5.03. The molecule has 0 aliphatic heterocycles. The number of furan rings is 1. The van der Waals surface area contributed by atoms with Crippen LogP contribution in [0.1, 0.15) is 18.2 Å². The highest BCUT2D eigenvalue weighted by atomic mass is 16.5. The summed E-state index contributed by atoms with van der Waals surface area (Å²) in [6.07, 6.45) is 1.91. The Morgan fingerprint density at radius 3 is 2.92 bits per heavy atom. The summed E-state index contributed by atoms with van der Waals surface area (Å²) in [5.41, 5.74) is 5.81. The van der Waals surface area contributed by atoms with Crippen molar-refractivity contribution in [2.24, 2.45) is 5.73 Å². The predicted octanol–water partition coefficient (Wildman–Crippen LogP) is 0.677. The van der Waals surface area contributed by atoms with E-state index in [9.17, 15) is 0 Å². The SMILES string of the molecule is COC(CO)CC(N)c1ccco1. The van der Waals surface area contributed by atoms with Gasteiger partial charge in [-0.1, -0.05) is 0 Å². The minimum Gasteiger partial charge on any atom is -0.468 e. The second kappa shape index (κ2) is 5.01. The van der Waals surface area contributed by atoms with Gasteiger partial charge in [0.15, 0.2) is 0 Å². The van der Waals surface area contributed by atoms with Crippen molar-refractivity contribution < 1.29 is 14.3 Å². The van der Waals surface area contributed by atoms with Crippen molar-refractivity contribution in [2.75, 3.05) is 13.7 Å². The van der Waals surface area contributed by atoms with E-state index in [0.717, 1.165) is 5.76 Å². The number of nitrogens with two attached hydrogens (primary N) is 1. The first kappa shape index (κ1) is 10.2. The van der Waals surface area contributed by atoms with Gasteiger partial charge in [0.1, 0.15) is 5.76 Å². The van der Waals surface area contributed by atoms with Gasteiger partial charge in [-0.2, -0.15) is 0 Å². The van der Waals surface area contributed by atoms with Gasteiger partial charge >= 0.3 is 0 Å². The highest BCUT2D eigenvalue weighted by Gasteiger charge is 2.15. The number of ether oxygens (including phenoxy) is 1. The summed E-state index contributed by atoms with van der Waals surface area (Å²) >= 11 is 0. The molecule has 0 spiro atoms. The fourth-order valence-corrected chi connectivity index (χ4v) is 1.15. The standard InChI is InChI=1S/C9H15NO3/c1-12-7(6-11)5-8(10)9-3-2-4-13-9/h2-4,7-8,11H,5-6,10H2,1H3. The molecule has 74 valence electrons. The molecule has 3 N–H and O–H groups in total. The van der Waals surface area contributed by atoms with Crippen LogP contribution in [0.2, 0.25) is 0 Å². The smallest absolute Gasteiger partial charge is 0.120 e. The maximum Gasteiger partial charge on any atom is 0.120 e. The Kier molecular flexibility index (Phi) is 3.95. The topological polar surface area (TPSA) is 68.6 Å². The van der Waals surface area contributed by atoms with Crippen LogP contribution in [0, 0.1) is 0 Å². The van der Waals surface area contributed by atoms with Crippen LogP contribution in [0.3, 0.4) is 0 Å². The third-order valence-corrected chi connectivity index (χ3v) is 1.96. The van der Waals surface area contributed by atoms with Crippen LogP contribution in [0.25, 0.3) is 0 Å². The normalized spacial score (nSPS) is 15.6. The second-order valence-corrected chi connectivity index (χ2v) is 2.90. The molecule has 0 bridgehead atoms. The summed E-state index contributed by atoms with van der Waals surface area (Å²) in [4.78, 5) is 0. The van der Waals surface area contributed by atoms with Crippen LogP contribution in [-0.4, -0.2) is 24.9 Å². The summed E-state index contributed by atoms with van der Waals surface area (Å²) in [6.45, 7) is -0.0229. The zero-order valence-electron chi connectivity index (χ0n) is 7.64. The number of aliphatic hydroxyl groups is 1. The van der Waals surface area contributed by atoms with Crippen LogP contribution < -0.4 is 5.73 Å². The molecular formula is C9H15NO3. The van der Waals surface area contributed by atoms with E-state index in [2.05, 4.69) is 0 Å². The van der Waals surface area contributed by atoms with Gasteiger partial charge in [-0.25, -0.2) is 0 Å². The van der Waals surface area contributed by atoms with Crippen LogP contribution in [-0.2, 0) is 4.74 Å². The molecule has 0 amide bonds. The van der Waals surface area contributed by atoms with Gasteiger partial charge in [0.05, 0.1) is 25.0 Å². The molecule has 4 nitrogen and oxygen atoms in total. The lowest BCUT2D eigenvalue weighted by Gasteiger charge is -2.15. The first-order chi connectivity index (χ1) is 6.27. The van der Waals surface area contributed by atoms with E-state index >= 15 is 0 Å². The Morgan fingerprint density at radius 1 is 1.69 bits per heavy atom. The zero-order valence-corrected chi connectivity index (χ0v) is 7.64. The number of methoxy groups -OCH3 is 1. The van der Waals surface area contributed by atoms with Gasteiger partial charge in [0, 0.05) is 7.11 Å². The average molecular weight is 185 g/mol. The molecule has 1 rings (SSSR count). The molecule has 0 aliphatic rings. The van der Waals surface area contributed by atoms with Crippen molar-refractivity contribution in [3.63, 3.8) is 0 Å². The Balaban J connectivity index is 2.45. The maximum atomic E-state index is 8.86. The first-order valence-corrected chi connectivity index (χ1v) is 4.20. The van der Waals surface area contributed by atoms with Gasteiger partial charge in [0.25, 0.3) is 0 Å². The predicted molar refractivity (Wildman–Crippen MR) is 48.1 cm³/mol. The first-order valence-electron chi connectivity index (χ1n) is 4.20. The Hall–Kier alpha value is -0.840. The number of hydrogen-bond acceptors (Lipinski definition) is 4. The van der Waals surface area contributed by atoms with E-state index in [1.165, 1.54) is 0 Å². The van der Waals surface area contributed by atoms with Crippen LogP contribution in [0.4, 0.5) is 0 Å².